The fraction of sp³-hybridized carbons (Fsp3) is 0.143. The molecule has 0 bridgehead atoms. The molecule has 1 amide bonds. The molecule has 5 heteroatoms. The fourth-order valence-electron chi connectivity index (χ4n) is 3.57. The van der Waals surface area contributed by atoms with Crippen molar-refractivity contribution < 1.29 is 14.3 Å². The van der Waals surface area contributed by atoms with Gasteiger partial charge in [0.05, 0.1) is 19.2 Å². The molecule has 0 saturated heterocycles. The zero-order valence-electron chi connectivity index (χ0n) is 18.5. The average Bonchev–Trinajstić information content (AvgIpc) is 2.85. The van der Waals surface area contributed by atoms with Crippen molar-refractivity contribution in [2.75, 3.05) is 6.61 Å². The van der Waals surface area contributed by atoms with Crippen LogP contribution in [0.3, 0.4) is 0 Å². The van der Waals surface area contributed by atoms with Gasteiger partial charge in [0, 0.05) is 0 Å². The van der Waals surface area contributed by atoms with E-state index in [1.807, 2.05) is 97.9 Å². The third kappa shape index (κ3) is 5.98. The standard InChI is InChI=1S/C28H26N2O3/c1-2-32-27-17-22(15-16-26(27)33-20-21-9-4-3-5-10-21)19-29-30-28(31)18-24-13-8-12-23-11-6-7-14-25(23)24/h3-17,19H,2,18,20H2,1H3,(H,30,31)/b29-19-. The first kappa shape index (κ1) is 22.1. The Labute approximate surface area is 193 Å². The van der Waals surface area contributed by atoms with Gasteiger partial charge in [0.1, 0.15) is 6.61 Å². The van der Waals surface area contributed by atoms with Crippen LogP contribution in [-0.2, 0) is 17.8 Å². The molecule has 4 aromatic rings. The quantitative estimate of drug-likeness (QED) is 0.277. The van der Waals surface area contributed by atoms with E-state index in [1.165, 1.54) is 0 Å². The average molecular weight is 439 g/mol. The largest absolute Gasteiger partial charge is 0.490 e. The van der Waals surface area contributed by atoms with E-state index in [1.54, 1.807) is 6.21 Å². The Bertz CT molecular complexity index is 1250. The van der Waals surface area contributed by atoms with Gasteiger partial charge in [0.25, 0.3) is 0 Å². The molecule has 0 radical (unpaired) electrons. The Kier molecular flexibility index (Phi) is 7.33. The summed E-state index contributed by atoms with van der Waals surface area (Å²) in [4.78, 5) is 12.4. The summed E-state index contributed by atoms with van der Waals surface area (Å²) in [7, 11) is 0. The van der Waals surface area contributed by atoms with Crippen molar-refractivity contribution in [3.05, 3.63) is 108 Å². The Balaban J connectivity index is 1.38. The number of benzene rings is 4. The van der Waals surface area contributed by atoms with Crippen molar-refractivity contribution in [2.45, 2.75) is 20.0 Å². The number of amides is 1. The predicted octanol–water partition coefficient (Wildman–Crippen LogP) is 5.51. The number of hydrogen-bond donors (Lipinski definition) is 1. The zero-order chi connectivity index (χ0) is 22.9. The Morgan fingerprint density at radius 3 is 2.52 bits per heavy atom. The van der Waals surface area contributed by atoms with E-state index in [2.05, 4.69) is 10.5 Å². The van der Waals surface area contributed by atoms with Gasteiger partial charge >= 0.3 is 0 Å². The molecule has 0 fully saturated rings. The van der Waals surface area contributed by atoms with Crippen molar-refractivity contribution in [3.63, 3.8) is 0 Å². The molecule has 0 heterocycles. The van der Waals surface area contributed by atoms with Gasteiger partial charge in [-0.1, -0.05) is 72.8 Å². The highest BCUT2D eigenvalue weighted by atomic mass is 16.5. The summed E-state index contributed by atoms with van der Waals surface area (Å²) in [6, 6.07) is 29.6. The van der Waals surface area contributed by atoms with E-state index in [-0.39, 0.29) is 12.3 Å². The van der Waals surface area contributed by atoms with Crippen LogP contribution >= 0.6 is 0 Å². The number of carbonyl (C=O) groups excluding carboxylic acids is 1. The molecule has 4 rings (SSSR count). The van der Waals surface area contributed by atoms with Gasteiger partial charge in [-0.15, -0.1) is 0 Å². The molecule has 4 aromatic carbocycles. The maximum absolute atomic E-state index is 12.4. The SMILES string of the molecule is CCOc1cc(/C=N\NC(=O)Cc2cccc3ccccc23)ccc1OCc1ccccc1. The summed E-state index contributed by atoms with van der Waals surface area (Å²) in [5.74, 6) is 1.13. The number of ether oxygens (including phenoxy) is 2. The maximum Gasteiger partial charge on any atom is 0.244 e. The smallest absolute Gasteiger partial charge is 0.244 e. The zero-order valence-corrected chi connectivity index (χ0v) is 18.5. The Morgan fingerprint density at radius 2 is 1.67 bits per heavy atom. The van der Waals surface area contributed by atoms with E-state index in [9.17, 15) is 4.79 Å². The molecule has 0 unspecified atom stereocenters. The Hall–Kier alpha value is -4.12. The molecule has 5 nitrogen and oxygen atoms in total. The third-order valence-electron chi connectivity index (χ3n) is 5.14. The Morgan fingerprint density at radius 1 is 0.879 bits per heavy atom. The molecule has 0 atom stereocenters. The van der Waals surface area contributed by atoms with Crippen LogP contribution in [0.15, 0.2) is 96.1 Å². The normalized spacial score (nSPS) is 10.9. The first-order valence-corrected chi connectivity index (χ1v) is 10.9. The summed E-state index contributed by atoms with van der Waals surface area (Å²) in [5, 5.41) is 6.31. The predicted molar refractivity (Wildman–Crippen MR) is 132 cm³/mol. The molecule has 0 spiro atoms. The summed E-state index contributed by atoms with van der Waals surface area (Å²) >= 11 is 0. The lowest BCUT2D eigenvalue weighted by molar-refractivity contribution is -0.120. The van der Waals surface area contributed by atoms with E-state index >= 15 is 0 Å². The minimum Gasteiger partial charge on any atom is -0.490 e. The van der Waals surface area contributed by atoms with Gasteiger partial charge in [-0.2, -0.15) is 5.10 Å². The van der Waals surface area contributed by atoms with Gasteiger partial charge in [-0.25, -0.2) is 5.43 Å². The molecule has 0 aliphatic heterocycles. The number of hydrazone groups is 1. The van der Waals surface area contributed by atoms with Crippen molar-refractivity contribution >= 4 is 22.9 Å². The minimum absolute atomic E-state index is 0.171. The number of nitrogens with one attached hydrogen (secondary N) is 1. The number of carbonyl (C=O) groups is 1. The van der Waals surface area contributed by atoms with Crippen LogP contribution in [0.2, 0.25) is 0 Å². The van der Waals surface area contributed by atoms with Crippen molar-refractivity contribution in [1.29, 1.82) is 0 Å². The molecule has 0 aromatic heterocycles. The highest BCUT2D eigenvalue weighted by Gasteiger charge is 2.08. The first-order valence-electron chi connectivity index (χ1n) is 10.9. The van der Waals surface area contributed by atoms with Gasteiger partial charge in [-0.3, -0.25) is 4.79 Å². The van der Waals surface area contributed by atoms with Crippen LogP contribution in [-0.4, -0.2) is 18.7 Å². The molecule has 33 heavy (non-hydrogen) atoms. The summed E-state index contributed by atoms with van der Waals surface area (Å²) < 4.78 is 11.7. The van der Waals surface area contributed by atoms with E-state index in [4.69, 9.17) is 9.47 Å². The second kappa shape index (κ2) is 11.0. The van der Waals surface area contributed by atoms with Crippen LogP contribution < -0.4 is 14.9 Å². The second-order valence-corrected chi connectivity index (χ2v) is 7.52. The number of nitrogens with zero attached hydrogens (tertiary/aromatic N) is 1. The van der Waals surface area contributed by atoms with Crippen molar-refractivity contribution in [2.24, 2.45) is 5.10 Å². The van der Waals surface area contributed by atoms with Gasteiger partial charge < -0.3 is 9.47 Å². The third-order valence-corrected chi connectivity index (χ3v) is 5.14. The molecule has 0 aliphatic carbocycles. The number of fused-ring (bicyclic) bond motifs is 1. The monoisotopic (exact) mass is 438 g/mol. The van der Waals surface area contributed by atoms with Crippen LogP contribution in [0.1, 0.15) is 23.6 Å². The molecule has 0 saturated carbocycles. The fourth-order valence-corrected chi connectivity index (χ4v) is 3.57. The highest BCUT2D eigenvalue weighted by Crippen LogP contribution is 2.29. The molecule has 166 valence electrons. The highest BCUT2D eigenvalue weighted by molar-refractivity contribution is 5.90. The van der Waals surface area contributed by atoms with Crippen LogP contribution in [0.25, 0.3) is 10.8 Å². The van der Waals surface area contributed by atoms with E-state index < -0.39 is 0 Å². The number of hydrogen-bond acceptors (Lipinski definition) is 4. The second-order valence-electron chi connectivity index (χ2n) is 7.52. The first-order chi connectivity index (χ1) is 16.2. The van der Waals surface area contributed by atoms with Gasteiger partial charge in [-0.05, 0) is 52.6 Å². The lowest BCUT2D eigenvalue weighted by Crippen LogP contribution is -2.19. The van der Waals surface area contributed by atoms with Crippen LogP contribution in [0.4, 0.5) is 0 Å². The lowest BCUT2D eigenvalue weighted by Gasteiger charge is -2.12. The summed E-state index contributed by atoms with van der Waals surface area (Å²) in [6.45, 7) is 2.90. The molecule has 1 N–H and O–H groups in total. The maximum atomic E-state index is 12.4. The van der Waals surface area contributed by atoms with E-state index in [0.29, 0.717) is 24.7 Å². The van der Waals surface area contributed by atoms with E-state index in [0.717, 1.165) is 27.5 Å². The topological polar surface area (TPSA) is 59.9 Å². The van der Waals surface area contributed by atoms with Crippen molar-refractivity contribution in [3.8, 4) is 11.5 Å². The van der Waals surface area contributed by atoms with Crippen molar-refractivity contribution in [1.82, 2.24) is 5.43 Å². The van der Waals surface area contributed by atoms with Gasteiger partial charge in [0.15, 0.2) is 11.5 Å². The number of rotatable bonds is 9. The van der Waals surface area contributed by atoms with Gasteiger partial charge in [0.2, 0.25) is 5.91 Å². The minimum atomic E-state index is -0.171. The molecular formula is C28H26N2O3. The summed E-state index contributed by atoms with van der Waals surface area (Å²) in [6.07, 6.45) is 1.86. The summed E-state index contributed by atoms with van der Waals surface area (Å²) in [5.41, 5.74) is 5.47. The van der Waals surface area contributed by atoms with Crippen LogP contribution in [0, 0.1) is 0 Å². The lowest BCUT2D eigenvalue weighted by atomic mass is 10.0. The van der Waals surface area contributed by atoms with Crippen LogP contribution in [0.5, 0.6) is 11.5 Å². The molecule has 0 aliphatic rings. The molecular weight excluding hydrogens is 412 g/mol.